The van der Waals surface area contributed by atoms with Crippen molar-refractivity contribution in [3.63, 3.8) is 0 Å². The van der Waals surface area contributed by atoms with Crippen molar-refractivity contribution < 1.29 is 9.05 Å². The molecule has 0 rings (SSSR count). The third-order valence-corrected chi connectivity index (χ3v) is 5.35. The molecule has 0 aliphatic carbocycles. The largest absolute Gasteiger partial charge is 0.322 e. The molecule has 0 aromatic carbocycles. The maximum Gasteiger partial charge on any atom is 0.244 e. The first kappa shape index (κ1) is 24.1. The van der Waals surface area contributed by atoms with Crippen molar-refractivity contribution in [2.24, 2.45) is 0 Å². The first-order valence-corrected chi connectivity index (χ1v) is 11.5. The molecule has 3 radical (unpaired) electrons. The molecular weight excluding hydrogens is 504 g/mol. The molecule has 121 valence electrons. The van der Waals surface area contributed by atoms with Gasteiger partial charge < -0.3 is 9.05 Å². The summed E-state index contributed by atoms with van der Waals surface area (Å²) in [4.78, 5) is 0. The molecule has 20 heavy (non-hydrogen) atoms. The Morgan fingerprint density at radius 3 is 1.45 bits per heavy atom. The van der Waals surface area contributed by atoms with E-state index in [1.54, 1.807) is 0 Å². The van der Waals surface area contributed by atoms with Crippen LogP contribution in [-0.4, -0.2) is 39.4 Å². The summed E-state index contributed by atoms with van der Waals surface area (Å²) >= 11 is 9.63. The average molecular weight is 535 g/mol. The SMILES string of the molecule is CCCCCCCOP(=S)(S)OCCCCCCC.[Bi]. The molecule has 0 spiro atoms. The van der Waals surface area contributed by atoms with Crippen LogP contribution in [-0.2, 0) is 20.9 Å². The molecule has 0 heterocycles. The Morgan fingerprint density at radius 2 is 1.10 bits per heavy atom. The van der Waals surface area contributed by atoms with Gasteiger partial charge in [0.25, 0.3) is 0 Å². The summed E-state index contributed by atoms with van der Waals surface area (Å²) < 4.78 is 11.2. The van der Waals surface area contributed by atoms with Crippen molar-refractivity contribution in [2.45, 2.75) is 78.1 Å². The normalized spacial score (nSPS) is 11.3. The quantitative estimate of drug-likeness (QED) is 0.133. The van der Waals surface area contributed by atoms with Crippen LogP contribution in [0.4, 0.5) is 0 Å². The van der Waals surface area contributed by atoms with Gasteiger partial charge in [-0.1, -0.05) is 77.5 Å². The fourth-order valence-electron chi connectivity index (χ4n) is 1.81. The number of hydrogen-bond donors (Lipinski definition) is 1. The van der Waals surface area contributed by atoms with Crippen LogP contribution in [0.5, 0.6) is 0 Å². The number of rotatable bonds is 14. The zero-order chi connectivity index (χ0) is 14.4. The van der Waals surface area contributed by atoms with Crippen LogP contribution in [0.1, 0.15) is 78.1 Å². The van der Waals surface area contributed by atoms with Gasteiger partial charge in [-0.05, 0) is 24.6 Å². The van der Waals surface area contributed by atoms with Crippen LogP contribution in [0.2, 0.25) is 0 Å². The summed E-state index contributed by atoms with van der Waals surface area (Å²) in [7, 11) is 0. The molecule has 0 bridgehead atoms. The topological polar surface area (TPSA) is 18.5 Å². The van der Waals surface area contributed by atoms with Crippen LogP contribution in [0.15, 0.2) is 0 Å². The minimum Gasteiger partial charge on any atom is -0.322 e. The van der Waals surface area contributed by atoms with E-state index in [1.165, 1.54) is 51.4 Å². The summed E-state index contributed by atoms with van der Waals surface area (Å²) in [6.45, 7) is 5.83. The van der Waals surface area contributed by atoms with Crippen molar-refractivity contribution >= 4 is 56.0 Å². The van der Waals surface area contributed by atoms with Crippen LogP contribution in [0.25, 0.3) is 0 Å². The maximum absolute atomic E-state index is 5.61. The van der Waals surface area contributed by atoms with Crippen molar-refractivity contribution in [3.8, 4) is 0 Å². The molecule has 0 aliphatic heterocycles. The third-order valence-electron chi connectivity index (χ3n) is 3.00. The summed E-state index contributed by atoms with van der Waals surface area (Å²) in [5.41, 5.74) is -2.28. The zero-order valence-corrected chi connectivity index (χ0v) is 19.1. The van der Waals surface area contributed by atoms with E-state index in [4.69, 9.17) is 20.9 Å². The molecule has 0 fully saturated rings. The van der Waals surface area contributed by atoms with E-state index in [2.05, 4.69) is 26.1 Å². The van der Waals surface area contributed by atoms with E-state index >= 15 is 0 Å². The molecule has 0 N–H and O–H groups in total. The van der Waals surface area contributed by atoms with E-state index in [1.807, 2.05) is 0 Å². The first-order valence-electron chi connectivity index (χ1n) is 7.74. The van der Waals surface area contributed by atoms with E-state index in [-0.39, 0.29) is 26.2 Å². The number of thiol groups is 1. The molecule has 0 aromatic heterocycles. The predicted octanol–water partition coefficient (Wildman–Crippen LogP) is 5.73. The Labute approximate surface area is 155 Å². The van der Waals surface area contributed by atoms with Gasteiger partial charge in [0.15, 0.2) is 0 Å². The van der Waals surface area contributed by atoms with Crippen LogP contribution < -0.4 is 0 Å². The van der Waals surface area contributed by atoms with E-state index in [0.717, 1.165) is 12.8 Å². The Kier molecular flexibility index (Phi) is 20.6. The molecule has 0 saturated carbocycles. The van der Waals surface area contributed by atoms with Crippen molar-refractivity contribution in [1.82, 2.24) is 0 Å². The minimum absolute atomic E-state index is 0. The summed E-state index contributed by atoms with van der Waals surface area (Å²) in [5.74, 6) is 0. The Hall–Kier alpha value is 1.80. The molecule has 0 aromatic rings. The molecule has 6 heteroatoms. The number of hydrogen-bond acceptors (Lipinski definition) is 3. The molecule has 0 aliphatic rings. The smallest absolute Gasteiger partial charge is 0.244 e. The second-order valence-electron chi connectivity index (χ2n) is 4.96. The van der Waals surface area contributed by atoms with Gasteiger partial charge in [0.05, 0.1) is 13.2 Å². The Bertz CT molecular complexity index is 223. The van der Waals surface area contributed by atoms with Gasteiger partial charge in [-0.2, -0.15) is 0 Å². The molecule has 0 atom stereocenters. The molecular formula is C14H31BiO2PS2. The first-order chi connectivity index (χ1) is 9.12. The fourth-order valence-corrected chi connectivity index (χ4v) is 3.54. The Morgan fingerprint density at radius 1 is 0.750 bits per heavy atom. The second-order valence-corrected chi connectivity index (χ2v) is 10.3. The van der Waals surface area contributed by atoms with Gasteiger partial charge in [0.1, 0.15) is 0 Å². The Balaban J connectivity index is 0. The average Bonchev–Trinajstić information content (AvgIpc) is 2.38. The predicted molar refractivity (Wildman–Crippen MR) is 98.4 cm³/mol. The standard InChI is InChI=1S/C14H31O2PS2.Bi/c1-3-5-7-9-11-13-15-17(18,19)16-14-12-10-8-6-4-2;/h3-14H2,1-2H3,(H,18,19);. The molecule has 0 unspecified atom stereocenters. The van der Waals surface area contributed by atoms with Crippen LogP contribution in [0.3, 0.4) is 0 Å². The summed E-state index contributed by atoms with van der Waals surface area (Å²) in [6.07, 6.45) is 12.3. The van der Waals surface area contributed by atoms with Gasteiger partial charge in [0, 0.05) is 26.2 Å². The van der Waals surface area contributed by atoms with Gasteiger partial charge in [-0.15, -0.1) is 0 Å². The molecule has 0 saturated heterocycles. The molecule has 2 nitrogen and oxygen atoms in total. The summed E-state index contributed by atoms with van der Waals surface area (Å²) in [6, 6.07) is 0. The van der Waals surface area contributed by atoms with Gasteiger partial charge in [-0.25, -0.2) is 0 Å². The van der Waals surface area contributed by atoms with Crippen LogP contribution >= 0.6 is 17.9 Å². The van der Waals surface area contributed by atoms with Crippen LogP contribution in [0, 0.1) is 0 Å². The van der Waals surface area contributed by atoms with E-state index < -0.39 is 5.69 Å². The van der Waals surface area contributed by atoms with Crippen molar-refractivity contribution in [2.75, 3.05) is 13.2 Å². The maximum atomic E-state index is 5.61. The van der Waals surface area contributed by atoms with Crippen molar-refractivity contribution in [3.05, 3.63) is 0 Å². The minimum atomic E-state index is -2.28. The second kappa shape index (κ2) is 17.2. The molecule has 0 amide bonds. The van der Waals surface area contributed by atoms with Gasteiger partial charge in [0.2, 0.25) is 5.69 Å². The number of unbranched alkanes of at least 4 members (excludes halogenated alkanes) is 8. The fraction of sp³-hybridized carbons (Fsp3) is 1.00. The van der Waals surface area contributed by atoms with E-state index in [0.29, 0.717) is 13.2 Å². The van der Waals surface area contributed by atoms with Gasteiger partial charge >= 0.3 is 0 Å². The zero-order valence-electron chi connectivity index (χ0n) is 13.1. The van der Waals surface area contributed by atoms with E-state index in [9.17, 15) is 0 Å². The third kappa shape index (κ3) is 17.9. The van der Waals surface area contributed by atoms with Crippen molar-refractivity contribution in [1.29, 1.82) is 0 Å². The summed E-state index contributed by atoms with van der Waals surface area (Å²) in [5, 5.41) is 0. The van der Waals surface area contributed by atoms with Gasteiger partial charge in [-0.3, -0.25) is 0 Å². The monoisotopic (exact) mass is 535 g/mol.